The number of hydrogen-bond acceptors (Lipinski definition) is 5. The van der Waals surface area contributed by atoms with Crippen LogP contribution in [0.4, 0.5) is 0 Å². The quantitative estimate of drug-likeness (QED) is 0.860. The molecule has 0 fully saturated rings. The first-order valence-corrected chi connectivity index (χ1v) is 7.03. The zero-order valence-corrected chi connectivity index (χ0v) is 13.0. The van der Waals surface area contributed by atoms with E-state index < -0.39 is 5.97 Å². The van der Waals surface area contributed by atoms with Crippen molar-refractivity contribution < 1.29 is 14.6 Å². The molecule has 0 amide bonds. The highest BCUT2D eigenvalue weighted by molar-refractivity contribution is 5.92. The maximum absolute atomic E-state index is 11.6. The summed E-state index contributed by atoms with van der Waals surface area (Å²) in [5.41, 5.74) is 2.23. The van der Waals surface area contributed by atoms with Crippen LogP contribution in [0.2, 0.25) is 0 Å². The van der Waals surface area contributed by atoms with E-state index in [1.54, 1.807) is 18.3 Å². The maximum Gasteiger partial charge on any atom is 0.341 e. The van der Waals surface area contributed by atoms with Gasteiger partial charge in [-0.1, -0.05) is 12.1 Å². The molecule has 1 N–H and O–H groups in total. The van der Waals surface area contributed by atoms with Crippen molar-refractivity contribution in [3.63, 3.8) is 0 Å². The van der Waals surface area contributed by atoms with Gasteiger partial charge >= 0.3 is 5.97 Å². The summed E-state index contributed by atoms with van der Waals surface area (Å²) in [5, 5.41) is 9.74. The number of nitrogens with zero attached hydrogens (tertiary/aromatic N) is 2. The van der Waals surface area contributed by atoms with Crippen LogP contribution >= 0.6 is 0 Å². The van der Waals surface area contributed by atoms with E-state index >= 15 is 0 Å². The lowest BCUT2D eigenvalue weighted by Crippen LogP contribution is -2.22. The van der Waals surface area contributed by atoms with E-state index in [0.717, 1.165) is 11.1 Å². The number of methoxy groups -OCH3 is 1. The normalized spacial score (nSPS) is 12.2. The van der Waals surface area contributed by atoms with Crippen LogP contribution in [-0.2, 0) is 11.3 Å². The van der Waals surface area contributed by atoms with Crippen LogP contribution in [0.5, 0.6) is 5.75 Å². The molecule has 1 unspecified atom stereocenters. The Morgan fingerprint density at radius 2 is 2.18 bits per heavy atom. The van der Waals surface area contributed by atoms with E-state index in [2.05, 4.69) is 21.5 Å². The van der Waals surface area contributed by atoms with Gasteiger partial charge in [-0.25, -0.2) is 4.79 Å². The highest BCUT2D eigenvalue weighted by atomic mass is 16.5. The molecule has 1 heterocycles. The number of pyridine rings is 1. The Hall–Kier alpha value is -2.40. The molecule has 0 bridgehead atoms. The molecule has 2 aromatic rings. The van der Waals surface area contributed by atoms with Gasteiger partial charge in [0.15, 0.2) is 0 Å². The predicted octanol–water partition coefficient (Wildman–Crippen LogP) is 2.77. The minimum Gasteiger partial charge on any atom is -0.507 e. The maximum atomic E-state index is 11.6. The molecule has 1 atom stereocenters. The Morgan fingerprint density at radius 1 is 1.41 bits per heavy atom. The van der Waals surface area contributed by atoms with Crippen molar-refractivity contribution in [2.45, 2.75) is 19.5 Å². The highest BCUT2D eigenvalue weighted by Crippen LogP contribution is 2.23. The van der Waals surface area contributed by atoms with Gasteiger partial charge in [0.05, 0.1) is 7.11 Å². The monoisotopic (exact) mass is 300 g/mol. The Bertz CT molecular complexity index is 644. The first kappa shape index (κ1) is 16.0. The van der Waals surface area contributed by atoms with Crippen molar-refractivity contribution in [1.82, 2.24) is 9.88 Å². The minimum atomic E-state index is -0.540. The number of phenols is 1. The molecule has 0 aliphatic rings. The van der Waals surface area contributed by atoms with Gasteiger partial charge in [-0.2, -0.15) is 0 Å². The van der Waals surface area contributed by atoms with Crippen LogP contribution in [0.15, 0.2) is 42.7 Å². The van der Waals surface area contributed by atoms with E-state index in [0.29, 0.717) is 6.54 Å². The second-order valence-electron chi connectivity index (χ2n) is 5.22. The average molecular weight is 300 g/mol. The number of aromatic nitrogens is 1. The zero-order chi connectivity index (χ0) is 16.1. The Balaban J connectivity index is 2.15. The summed E-state index contributed by atoms with van der Waals surface area (Å²) in [6, 6.07) is 9.11. The number of carbonyl (C=O) groups excluding carboxylic acids is 1. The lowest BCUT2D eigenvalue weighted by atomic mass is 10.1. The number of rotatable bonds is 5. The van der Waals surface area contributed by atoms with Crippen molar-refractivity contribution in [2.75, 3.05) is 14.2 Å². The van der Waals surface area contributed by atoms with Gasteiger partial charge in [-0.3, -0.25) is 9.88 Å². The molecular formula is C17H20N2O3. The van der Waals surface area contributed by atoms with Gasteiger partial charge in [0, 0.05) is 25.0 Å². The third-order valence-corrected chi connectivity index (χ3v) is 3.73. The summed E-state index contributed by atoms with van der Waals surface area (Å²) < 4.78 is 4.67. The van der Waals surface area contributed by atoms with Crippen LogP contribution in [0.1, 0.15) is 34.5 Å². The lowest BCUT2D eigenvalue weighted by molar-refractivity contribution is 0.0597. The predicted molar refractivity (Wildman–Crippen MR) is 83.6 cm³/mol. The smallest absolute Gasteiger partial charge is 0.341 e. The number of benzene rings is 1. The average Bonchev–Trinajstić information content (AvgIpc) is 2.55. The molecule has 1 aromatic heterocycles. The van der Waals surface area contributed by atoms with Gasteiger partial charge in [-0.05, 0) is 43.3 Å². The van der Waals surface area contributed by atoms with Crippen LogP contribution in [-0.4, -0.2) is 35.1 Å². The summed E-state index contributed by atoms with van der Waals surface area (Å²) in [6.07, 6.45) is 3.59. The van der Waals surface area contributed by atoms with Gasteiger partial charge < -0.3 is 9.84 Å². The molecule has 0 aliphatic heterocycles. The molecule has 1 aromatic carbocycles. The van der Waals surface area contributed by atoms with E-state index in [4.69, 9.17) is 0 Å². The third kappa shape index (κ3) is 3.62. The third-order valence-electron chi connectivity index (χ3n) is 3.73. The van der Waals surface area contributed by atoms with Gasteiger partial charge in [0.2, 0.25) is 0 Å². The molecule has 5 heteroatoms. The van der Waals surface area contributed by atoms with Crippen LogP contribution in [0.3, 0.4) is 0 Å². The van der Waals surface area contributed by atoms with Crippen LogP contribution in [0, 0.1) is 0 Å². The molecule has 0 aliphatic carbocycles. The number of phenolic OH excluding ortho intramolecular Hbond substituents is 1. The summed E-state index contributed by atoms with van der Waals surface area (Å²) in [4.78, 5) is 17.9. The summed E-state index contributed by atoms with van der Waals surface area (Å²) in [7, 11) is 3.30. The van der Waals surface area contributed by atoms with Crippen molar-refractivity contribution in [3.05, 3.63) is 59.4 Å². The molecule has 0 saturated heterocycles. The second-order valence-corrected chi connectivity index (χ2v) is 5.22. The Labute approximate surface area is 130 Å². The van der Waals surface area contributed by atoms with Gasteiger partial charge in [0.1, 0.15) is 11.3 Å². The molecule has 0 spiro atoms. The van der Waals surface area contributed by atoms with Gasteiger partial charge in [-0.15, -0.1) is 0 Å². The van der Waals surface area contributed by atoms with E-state index in [1.165, 1.54) is 13.2 Å². The van der Waals surface area contributed by atoms with Crippen molar-refractivity contribution in [2.24, 2.45) is 0 Å². The molecule has 2 rings (SSSR count). The zero-order valence-electron chi connectivity index (χ0n) is 13.0. The van der Waals surface area contributed by atoms with E-state index in [9.17, 15) is 9.90 Å². The Morgan fingerprint density at radius 3 is 2.82 bits per heavy atom. The largest absolute Gasteiger partial charge is 0.507 e. The molecular weight excluding hydrogens is 280 g/mol. The second kappa shape index (κ2) is 7.04. The number of carbonyl (C=O) groups is 1. The number of ether oxygens (including phenoxy) is 1. The fourth-order valence-electron chi connectivity index (χ4n) is 2.26. The number of esters is 1. The topological polar surface area (TPSA) is 62.7 Å². The van der Waals surface area contributed by atoms with Crippen molar-refractivity contribution in [1.29, 1.82) is 0 Å². The molecule has 0 saturated carbocycles. The summed E-state index contributed by atoms with van der Waals surface area (Å²) in [6.45, 7) is 2.74. The van der Waals surface area contributed by atoms with E-state index in [1.807, 2.05) is 25.4 Å². The fourth-order valence-corrected chi connectivity index (χ4v) is 2.26. The van der Waals surface area contributed by atoms with Crippen molar-refractivity contribution in [3.8, 4) is 5.75 Å². The molecule has 0 radical (unpaired) electrons. The van der Waals surface area contributed by atoms with Gasteiger partial charge in [0.25, 0.3) is 0 Å². The SMILES string of the molecule is COC(=O)c1cc(CN(C)C(C)c2cccnc2)ccc1O. The molecule has 22 heavy (non-hydrogen) atoms. The summed E-state index contributed by atoms with van der Waals surface area (Å²) in [5.74, 6) is -0.610. The standard InChI is InChI=1S/C17H20N2O3/c1-12(14-5-4-8-18-10-14)19(2)11-13-6-7-16(20)15(9-13)17(21)22-3/h4-10,12,20H,11H2,1-3H3. The van der Waals surface area contributed by atoms with Crippen LogP contribution in [0.25, 0.3) is 0 Å². The molecule has 5 nitrogen and oxygen atoms in total. The fraction of sp³-hybridized carbons (Fsp3) is 0.294. The summed E-state index contributed by atoms with van der Waals surface area (Å²) >= 11 is 0. The number of hydrogen-bond donors (Lipinski definition) is 1. The van der Waals surface area contributed by atoms with Crippen molar-refractivity contribution >= 4 is 5.97 Å². The minimum absolute atomic E-state index is 0.0708. The first-order valence-electron chi connectivity index (χ1n) is 7.03. The lowest BCUT2D eigenvalue weighted by Gasteiger charge is -2.25. The highest BCUT2D eigenvalue weighted by Gasteiger charge is 2.15. The number of aromatic hydroxyl groups is 1. The van der Waals surface area contributed by atoms with E-state index in [-0.39, 0.29) is 17.4 Å². The molecule has 116 valence electrons. The Kier molecular flexibility index (Phi) is 5.12. The van der Waals surface area contributed by atoms with Crippen LogP contribution < -0.4 is 0 Å². The first-order chi connectivity index (χ1) is 10.5.